The van der Waals surface area contributed by atoms with Crippen molar-refractivity contribution in [3.05, 3.63) is 65.2 Å². The van der Waals surface area contributed by atoms with Crippen LogP contribution in [-0.4, -0.2) is 34.8 Å². The monoisotopic (exact) mass is 432 g/mol. The van der Waals surface area contributed by atoms with Gasteiger partial charge in [0.15, 0.2) is 0 Å². The van der Waals surface area contributed by atoms with Gasteiger partial charge >= 0.3 is 0 Å². The fraction of sp³-hybridized carbons (Fsp3) is 0.481. The predicted molar refractivity (Wildman–Crippen MR) is 131 cm³/mol. The molecule has 5 nitrogen and oxygen atoms in total. The molecule has 2 heterocycles. The Kier molecular flexibility index (Phi) is 6.66. The standard InChI is InChI=1S/C27H36N4O/c1-4-9-23(31-17(2)10-7-11-18(31)3)25-21-14-5-6-15-22(21)30-27(32)24(25)19-12-8-13-20(16-19)26(28)29/h5-6,8,12-18,23-25H,4,7,9-11H2,1-3H3,(H3,28,29)(H,30,32). The van der Waals surface area contributed by atoms with Crippen molar-refractivity contribution >= 4 is 17.4 Å². The van der Waals surface area contributed by atoms with Crippen LogP contribution in [0.15, 0.2) is 48.5 Å². The maximum absolute atomic E-state index is 13.6. The minimum atomic E-state index is -0.318. The number of rotatable bonds is 6. The minimum absolute atomic E-state index is 0.0309. The fourth-order valence-corrected chi connectivity index (χ4v) is 6.05. The highest BCUT2D eigenvalue weighted by molar-refractivity contribution is 6.01. The molecule has 4 N–H and O–H groups in total. The molecule has 32 heavy (non-hydrogen) atoms. The normalized spacial score (nSPS) is 26.8. The van der Waals surface area contributed by atoms with Gasteiger partial charge in [0.05, 0.1) is 5.92 Å². The first-order valence-electron chi connectivity index (χ1n) is 12.0. The molecule has 4 rings (SSSR count). The highest BCUT2D eigenvalue weighted by Crippen LogP contribution is 2.47. The van der Waals surface area contributed by atoms with Crippen LogP contribution in [0.2, 0.25) is 0 Å². The molecule has 0 radical (unpaired) electrons. The van der Waals surface area contributed by atoms with Crippen LogP contribution in [0.3, 0.4) is 0 Å². The van der Waals surface area contributed by atoms with Gasteiger partial charge in [-0.05, 0) is 56.4 Å². The van der Waals surface area contributed by atoms with Crippen molar-refractivity contribution in [2.24, 2.45) is 5.73 Å². The number of likely N-dealkylation sites (tertiary alicyclic amines) is 1. The number of fused-ring (bicyclic) bond motifs is 1. The van der Waals surface area contributed by atoms with Crippen molar-refractivity contribution < 1.29 is 4.79 Å². The molecule has 5 unspecified atom stereocenters. The van der Waals surface area contributed by atoms with Gasteiger partial charge in [0.1, 0.15) is 5.84 Å². The number of nitrogen functional groups attached to an aromatic ring is 1. The van der Waals surface area contributed by atoms with E-state index >= 15 is 0 Å². The van der Waals surface area contributed by atoms with Crippen LogP contribution in [0.25, 0.3) is 0 Å². The highest BCUT2D eigenvalue weighted by Gasteiger charge is 2.45. The summed E-state index contributed by atoms with van der Waals surface area (Å²) in [6.07, 6.45) is 5.79. The van der Waals surface area contributed by atoms with E-state index in [1.807, 2.05) is 36.4 Å². The SMILES string of the molecule is CCCC(C1c2ccccc2NC(=O)C1c1cccc(C(=N)N)c1)N1C(C)CCCC1C. The lowest BCUT2D eigenvalue weighted by atomic mass is 9.71. The Balaban J connectivity index is 1.87. The Hall–Kier alpha value is -2.66. The van der Waals surface area contributed by atoms with Gasteiger partial charge in [-0.1, -0.05) is 56.2 Å². The number of nitrogens with two attached hydrogens (primary N) is 1. The summed E-state index contributed by atoms with van der Waals surface area (Å²) >= 11 is 0. The van der Waals surface area contributed by atoms with Crippen molar-refractivity contribution in [3.63, 3.8) is 0 Å². The Morgan fingerprint density at radius 3 is 2.56 bits per heavy atom. The van der Waals surface area contributed by atoms with Gasteiger partial charge in [-0.15, -0.1) is 0 Å². The van der Waals surface area contributed by atoms with E-state index in [0.717, 1.165) is 24.1 Å². The van der Waals surface area contributed by atoms with Crippen LogP contribution in [0.5, 0.6) is 0 Å². The molecule has 0 aliphatic carbocycles. The zero-order valence-corrected chi connectivity index (χ0v) is 19.5. The van der Waals surface area contributed by atoms with Gasteiger partial charge in [0.25, 0.3) is 0 Å². The Morgan fingerprint density at radius 2 is 1.88 bits per heavy atom. The molecule has 0 saturated carbocycles. The number of nitrogens with zero attached hydrogens (tertiary/aromatic N) is 1. The summed E-state index contributed by atoms with van der Waals surface area (Å²) in [7, 11) is 0. The number of carbonyl (C=O) groups is 1. The Labute approximate surface area is 191 Å². The van der Waals surface area contributed by atoms with Crippen LogP contribution in [0.1, 0.15) is 81.4 Å². The summed E-state index contributed by atoms with van der Waals surface area (Å²) in [5.74, 6) is -0.205. The number of nitrogens with one attached hydrogen (secondary N) is 2. The lowest BCUT2D eigenvalue weighted by Gasteiger charge is -2.50. The van der Waals surface area contributed by atoms with E-state index in [1.54, 1.807) is 0 Å². The first-order chi connectivity index (χ1) is 15.4. The van der Waals surface area contributed by atoms with Crippen LogP contribution < -0.4 is 11.1 Å². The lowest BCUT2D eigenvalue weighted by molar-refractivity contribution is -0.119. The molecule has 5 heteroatoms. The van der Waals surface area contributed by atoms with Crippen molar-refractivity contribution in [2.75, 3.05) is 5.32 Å². The third-order valence-electron chi connectivity index (χ3n) is 7.42. The maximum atomic E-state index is 13.6. The number of amidine groups is 1. The third-order valence-corrected chi connectivity index (χ3v) is 7.42. The molecule has 0 bridgehead atoms. The molecule has 0 aromatic heterocycles. The van der Waals surface area contributed by atoms with Gasteiger partial charge in [-0.25, -0.2) is 0 Å². The lowest BCUT2D eigenvalue weighted by Crippen LogP contribution is -2.54. The summed E-state index contributed by atoms with van der Waals surface area (Å²) in [5, 5.41) is 11.1. The molecule has 1 fully saturated rings. The second kappa shape index (κ2) is 9.45. The van der Waals surface area contributed by atoms with E-state index in [-0.39, 0.29) is 29.6 Å². The molecule has 5 atom stereocenters. The van der Waals surface area contributed by atoms with Gasteiger partial charge in [-0.3, -0.25) is 15.1 Å². The molecule has 0 spiro atoms. The van der Waals surface area contributed by atoms with Crippen molar-refractivity contribution in [1.29, 1.82) is 5.41 Å². The van der Waals surface area contributed by atoms with E-state index in [0.29, 0.717) is 17.6 Å². The Morgan fingerprint density at radius 1 is 1.16 bits per heavy atom. The molecule has 1 saturated heterocycles. The zero-order chi connectivity index (χ0) is 22.8. The zero-order valence-electron chi connectivity index (χ0n) is 19.5. The maximum Gasteiger partial charge on any atom is 0.232 e. The second-order valence-corrected chi connectivity index (χ2v) is 9.55. The van der Waals surface area contributed by atoms with Crippen LogP contribution in [0.4, 0.5) is 5.69 Å². The number of amides is 1. The largest absolute Gasteiger partial charge is 0.384 e. The molecule has 2 aliphatic rings. The number of hydrogen-bond acceptors (Lipinski definition) is 3. The minimum Gasteiger partial charge on any atom is -0.384 e. The van der Waals surface area contributed by atoms with E-state index in [4.69, 9.17) is 11.1 Å². The summed E-state index contributed by atoms with van der Waals surface area (Å²) in [4.78, 5) is 16.3. The second-order valence-electron chi connectivity index (χ2n) is 9.55. The van der Waals surface area contributed by atoms with Crippen LogP contribution >= 0.6 is 0 Å². The van der Waals surface area contributed by atoms with E-state index in [9.17, 15) is 4.79 Å². The molecular formula is C27H36N4O. The van der Waals surface area contributed by atoms with E-state index in [1.165, 1.54) is 24.8 Å². The number of para-hydroxylation sites is 1. The molecule has 170 valence electrons. The fourth-order valence-electron chi connectivity index (χ4n) is 6.05. The highest BCUT2D eigenvalue weighted by atomic mass is 16.2. The topological polar surface area (TPSA) is 82.2 Å². The third kappa shape index (κ3) is 4.18. The van der Waals surface area contributed by atoms with Crippen molar-refractivity contribution in [1.82, 2.24) is 4.90 Å². The summed E-state index contributed by atoms with van der Waals surface area (Å²) in [5.41, 5.74) is 9.54. The van der Waals surface area contributed by atoms with E-state index < -0.39 is 0 Å². The van der Waals surface area contributed by atoms with Crippen molar-refractivity contribution in [3.8, 4) is 0 Å². The average Bonchev–Trinajstić information content (AvgIpc) is 2.77. The van der Waals surface area contributed by atoms with Crippen LogP contribution in [0, 0.1) is 5.41 Å². The number of carbonyl (C=O) groups excluding carboxylic acids is 1. The molecular weight excluding hydrogens is 396 g/mol. The molecule has 2 aliphatic heterocycles. The summed E-state index contributed by atoms with van der Waals surface area (Å²) in [6.45, 7) is 6.93. The quantitative estimate of drug-likeness (QED) is 0.432. The smallest absolute Gasteiger partial charge is 0.232 e. The van der Waals surface area contributed by atoms with Gasteiger partial charge in [-0.2, -0.15) is 0 Å². The molecule has 2 aromatic carbocycles. The number of hydrogen-bond donors (Lipinski definition) is 3. The first-order valence-corrected chi connectivity index (χ1v) is 12.0. The number of piperidine rings is 1. The van der Waals surface area contributed by atoms with Gasteiger partial charge in [0.2, 0.25) is 5.91 Å². The molecule has 1 amide bonds. The van der Waals surface area contributed by atoms with E-state index in [2.05, 4.69) is 43.1 Å². The van der Waals surface area contributed by atoms with Crippen LogP contribution in [-0.2, 0) is 4.79 Å². The van der Waals surface area contributed by atoms with Gasteiger partial charge in [0, 0.05) is 35.3 Å². The average molecular weight is 433 g/mol. The predicted octanol–water partition coefficient (Wildman–Crippen LogP) is 5.22. The Bertz CT molecular complexity index is 977. The van der Waals surface area contributed by atoms with Gasteiger partial charge < -0.3 is 11.1 Å². The summed E-state index contributed by atoms with van der Waals surface area (Å²) in [6, 6.07) is 17.2. The number of benzene rings is 2. The van der Waals surface area contributed by atoms with Crippen molar-refractivity contribution in [2.45, 2.75) is 82.8 Å². The molecule has 2 aromatic rings. The first kappa shape index (κ1) is 22.5. The summed E-state index contributed by atoms with van der Waals surface area (Å²) < 4.78 is 0. The number of anilines is 1.